The number of imidazole rings is 1. The van der Waals surface area contributed by atoms with Crippen LogP contribution >= 0.6 is 0 Å². The number of H-pyrrole nitrogens is 3. The normalized spacial score (nSPS) is 11.9. The first-order valence-electron chi connectivity index (χ1n) is 12.6. The lowest BCUT2D eigenvalue weighted by Gasteiger charge is -2.02. The SMILES string of the molecule is c1cnc2oc(-c3[nH]c(-c4nc5ncccc5[nH]4)c(-c4n[nH]c5cccnc45)c3-c3nc4cccnc4o3)nc2c1. The molecule has 13 nitrogen and oxygen atoms in total. The van der Waals surface area contributed by atoms with E-state index in [1.54, 1.807) is 36.9 Å². The topological polar surface area (TPSA) is 177 Å². The molecule has 3 N–H and O–H groups in total. The molecule has 0 unspecified atom stereocenters. The first-order chi connectivity index (χ1) is 20.3. The van der Waals surface area contributed by atoms with Gasteiger partial charge in [-0.15, -0.1) is 0 Å². The zero-order valence-electron chi connectivity index (χ0n) is 20.8. The van der Waals surface area contributed by atoms with Gasteiger partial charge in [0.2, 0.25) is 23.2 Å². The third-order valence-electron chi connectivity index (χ3n) is 6.81. The zero-order valence-corrected chi connectivity index (χ0v) is 20.8. The summed E-state index contributed by atoms with van der Waals surface area (Å²) in [6.07, 6.45) is 6.72. The monoisotopic (exact) mass is 537 g/mol. The Morgan fingerprint density at radius 3 is 2.05 bits per heavy atom. The second kappa shape index (κ2) is 8.13. The summed E-state index contributed by atoms with van der Waals surface area (Å²) in [5.41, 5.74) is 7.57. The van der Waals surface area contributed by atoms with E-state index in [9.17, 15) is 0 Å². The van der Waals surface area contributed by atoms with Gasteiger partial charge in [0.05, 0.1) is 22.3 Å². The van der Waals surface area contributed by atoms with E-state index in [4.69, 9.17) is 23.8 Å². The fraction of sp³-hybridized carbons (Fsp3) is 0. The summed E-state index contributed by atoms with van der Waals surface area (Å²) >= 11 is 0. The van der Waals surface area contributed by atoms with Gasteiger partial charge in [-0.25, -0.2) is 29.9 Å². The van der Waals surface area contributed by atoms with E-state index in [-0.39, 0.29) is 0 Å². The minimum Gasteiger partial charge on any atom is -0.418 e. The fourth-order valence-corrected chi connectivity index (χ4v) is 5.03. The number of hydrogen-bond acceptors (Lipinski definition) is 10. The highest BCUT2D eigenvalue weighted by Crippen LogP contribution is 2.46. The van der Waals surface area contributed by atoms with Crippen LogP contribution in [0.4, 0.5) is 0 Å². The number of nitrogens with zero attached hydrogens (tertiary/aromatic N) is 8. The van der Waals surface area contributed by atoms with Crippen molar-refractivity contribution in [1.29, 1.82) is 0 Å². The second-order valence-electron chi connectivity index (χ2n) is 9.25. The Morgan fingerprint density at radius 1 is 0.585 bits per heavy atom. The minimum atomic E-state index is 0.290. The van der Waals surface area contributed by atoms with Gasteiger partial charge in [-0.05, 0) is 48.5 Å². The van der Waals surface area contributed by atoms with E-state index < -0.39 is 0 Å². The zero-order chi connectivity index (χ0) is 26.9. The summed E-state index contributed by atoms with van der Waals surface area (Å²) < 4.78 is 12.4. The van der Waals surface area contributed by atoms with Gasteiger partial charge >= 0.3 is 0 Å². The van der Waals surface area contributed by atoms with Gasteiger partial charge in [0, 0.05) is 30.4 Å². The van der Waals surface area contributed by atoms with Crippen molar-refractivity contribution in [3.63, 3.8) is 0 Å². The van der Waals surface area contributed by atoms with E-state index in [2.05, 4.69) is 40.1 Å². The highest BCUT2D eigenvalue weighted by Gasteiger charge is 2.32. The summed E-state index contributed by atoms with van der Waals surface area (Å²) in [4.78, 5) is 38.9. The van der Waals surface area contributed by atoms with Crippen molar-refractivity contribution in [3.8, 4) is 45.8 Å². The Labute approximate surface area is 227 Å². The minimum absolute atomic E-state index is 0.290. The van der Waals surface area contributed by atoms with Crippen molar-refractivity contribution in [2.24, 2.45) is 0 Å². The average molecular weight is 538 g/mol. The number of nitrogens with one attached hydrogen (secondary N) is 3. The van der Waals surface area contributed by atoms with Crippen molar-refractivity contribution in [3.05, 3.63) is 73.3 Å². The Balaban J connectivity index is 1.43. The van der Waals surface area contributed by atoms with Gasteiger partial charge in [-0.2, -0.15) is 5.10 Å². The van der Waals surface area contributed by atoms with Crippen LogP contribution in [0.15, 0.2) is 82.2 Å². The fourth-order valence-electron chi connectivity index (χ4n) is 5.03. The third-order valence-corrected chi connectivity index (χ3v) is 6.81. The van der Waals surface area contributed by atoms with E-state index in [1.807, 2.05) is 36.4 Å². The molecule has 41 heavy (non-hydrogen) atoms. The van der Waals surface area contributed by atoms with Crippen molar-refractivity contribution in [2.45, 2.75) is 0 Å². The molecular formula is C28H15N11O2. The molecule has 0 bridgehead atoms. The van der Waals surface area contributed by atoms with E-state index in [0.717, 1.165) is 11.0 Å². The van der Waals surface area contributed by atoms with Gasteiger partial charge in [-0.1, -0.05) is 0 Å². The van der Waals surface area contributed by atoms with Crippen molar-refractivity contribution in [2.75, 3.05) is 0 Å². The van der Waals surface area contributed by atoms with Crippen LogP contribution in [0, 0.1) is 0 Å². The molecule has 0 aliphatic rings. The number of hydrogen-bond donors (Lipinski definition) is 3. The van der Waals surface area contributed by atoms with E-state index >= 15 is 0 Å². The molecule has 0 fully saturated rings. The largest absolute Gasteiger partial charge is 0.418 e. The average Bonchev–Trinajstić information content (AvgIpc) is 3.83. The molecular weight excluding hydrogens is 522 g/mol. The predicted molar refractivity (Wildman–Crippen MR) is 148 cm³/mol. The van der Waals surface area contributed by atoms with Crippen LogP contribution < -0.4 is 0 Å². The van der Waals surface area contributed by atoms with Crippen LogP contribution in [-0.4, -0.2) is 55.1 Å². The molecule has 0 spiro atoms. The molecule has 9 rings (SSSR count). The molecule has 194 valence electrons. The molecule has 9 aromatic heterocycles. The van der Waals surface area contributed by atoms with Crippen LogP contribution in [-0.2, 0) is 0 Å². The maximum Gasteiger partial charge on any atom is 0.247 e. The lowest BCUT2D eigenvalue weighted by Crippen LogP contribution is -1.89. The Morgan fingerprint density at radius 2 is 1.27 bits per heavy atom. The molecule has 0 aliphatic heterocycles. The summed E-state index contributed by atoms with van der Waals surface area (Å²) in [6, 6.07) is 14.8. The van der Waals surface area contributed by atoms with Crippen molar-refractivity contribution in [1.82, 2.24) is 55.1 Å². The molecule has 0 atom stereocenters. The number of oxazole rings is 2. The van der Waals surface area contributed by atoms with E-state index in [0.29, 0.717) is 79.4 Å². The molecule has 0 saturated heterocycles. The highest BCUT2D eigenvalue weighted by atomic mass is 16.4. The summed E-state index contributed by atoms with van der Waals surface area (Å²) in [5.74, 6) is 1.11. The Kier molecular flexibility index (Phi) is 4.30. The van der Waals surface area contributed by atoms with Crippen LogP contribution in [0.3, 0.4) is 0 Å². The number of rotatable bonds is 4. The standard InChI is InChI=1S/C28H15N11O2/c1-5-13-19(29-9-1)20(39-38-13)17-18(27-34-15-7-3-11-31-25(15)40-27)22(28-35-16-8-4-12-32-26(16)41-28)36-21(17)24-33-14-6-2-10-30-23(14)37-24/h1-12,36H,(H,38,39)(H,30,33,37). The third kappa shape index (κ3) is 3.22. The van der Waals surface area contributed by atoms with Gasteiger partial charge < -0.3 is 18.8 Å². The summed E-state index contributed by atoms with van der Waals surface area (Å²) in [5, 5.41) is 7.77. The van der Waals surface area contributed by atoms with E-state index in [1.165, 1.54) is 0 Å². The lowest BCUT2D eigenvalue weighted by molar-refractivity contribution is 0.598. The second-order valence-corrected chi connectivity index (χ2v) is 9.25. The number of aromatic amines is 3. The molecule has 9 aromatic rings. The van der Waals surface area contributed by atoms with Crippen LogP contribution in [0.5, 0.6) is 0 Å². The van der Waals surface area contributed by atoms with Gasteiger partial charge in [0.15, 0.2) is 11.5 Å². The maximum absolute atomic E-state index is 6.22. The molecule has 9 heterocycles. The maximum atomic E-state index is 6.22. The highest BCUT2D eigenvalue weighted by molar-refractivity contribution is 6.04. The number of pyridine rings is 4. The van der Waals surface area contributed by atoms with Gasteiger partial charge in [-0.3, -0.25) is 10.1 Å². The first kappa shape index (κ1) is 21.7. The van der Waals surface area contributed by atoms with Gasteiger partial charge in [0.25, 0.3) is 0 Å². The first-order valence-corrected chi connectivity index (χ1v) is 12.6. The van der Waals surface area contributed by atoms with Crippen LogP contribution in [0.2, 0.25) is 0 Å². The number of aromatic nitrogens is 11. The molecule has 0 saturated carbocycles. The predicted octanol–water partition coefficient (Wildman–Crippen LogP) is 5.30. The molecule has 0 amide bonds. The van der Waals surface area contributed by atoms with Crippen LogP contribution in [0.1, 0.15) is 0 Å². The van der Waals surface area contributed by atoms with Crippen molar-refractivity contribution < 1.29 is 8.83 Å². The molecule has 13 heteroatoms. The summed E-state index contributed by atoms with van der Waals surface area (Å²) in [7, 11) is 0. The lowest BCUT2D eigenvalue weighted by atomic mass is 10.0. The Bertz CT molecular complexity index is 2310. The molecule has 0 aromatic carbocycles. The Hall–Kier alpha value is -6.24. The molecule has 0 aliphatic carbocycles. The smallest absolute Gasteiger partial charge is 0.247 e. The molecule has 0 radical (unpaired) electrons. The van der Waals surface area contributed by atoms with Crippen LogP contribution in [0.25, 0.3) is 90.5 Å². The van der Waals surface area contributed by atoms with Gasteiger partial charge in [0.1, 0.15) is 27.9 Å². The summed E-state index contributed by atoms with van der Waals surface area (Å²) in [6.45, 7) is 0. The quantitative estimate of drug-likeness (QED) is 0.267. The van der Waals surface area contributed by atoms with Crippen molar-refractivity contribution >= 4 is 44.7 Å². The number of fused-ring (bicyclic) bond motifs is 4.